The van der Waals surface area contributed by atoms with Crippen molar-refractivity contribution in [1.82, 2.24) is 10.2 Å². The summed E-state index contributed by atoms with van der Waals surface area (Å²) >= 11 is 7.43. The summed E-state index contributed by atoms with van der Waals surface area (Å²) in [6.45, 7) is 1.84. The van der Waals surface area contributed by atoms with Crippen LogP contribution in [0, 0.1) is 11.3 Å². The number of nitriles is 1. The van der Waals surface area contributed by atoms with Crippen LogP contribution in [0.1, 0.15) is 10.6 Å². The molecule has 0 bridgehead atoms. The molecular weight excluding hydrogens is 308 g/mol. The van der Waals surface area contributed by atoms with E-state index in [9.17, 15) is 0 Å². The molecule has 1 fully saturated rings. The summed E-state index contributed by atoms with van der Waals surface area (Å²) in [5, 5.41) is 19.9. The Bertz CT molecular complexity index is 652. The molecule has 0 N–H and O–H groups in total. The number of nitrogens with zero attached hydrogens (tertiary/aromatic N) is 4. The second-order valence-electron chi connectivity index (χ2n) is 4.72. The van der Waals surface area contributed by atoms with Crippen molar-refractivity contribution in [3.63, 3.8) is 0 Å². The molecule has 1 atom stereocenters. The largest absolute Gasteiger partial charge is 0.360 e. The van der Waals surface area contributed by atoms with Crippen LogP contribution in [-0.2, 0) is 11.2 Å². The second-order valence-corrected chi connectivity index (χ2v) is 6.19. The fourth-order valence-corrected chi connectivity index (χ4v) is 3.16. The first kappa shape index (κ1) is 14.3. The molecular formula is C14H13ClN4OS. The molecule has 2 aromatic rings. The molecule has 0 amide bonds. The predicted molar refractivity (Wildman–Crippen MR) is 81.7 cm³/mol. The second kappa shape index (κ2) is 6.39. The highest BCUT2D eigenvalue weighted by atomic mass is 35.5. The van der Waals surface area contributed by atoms with Crippen molar-refractivity contribution in [3.8, 4) is 6.07 Å². The van der Waals surface area contributed by atoms with E-state index in [4.69, 9.17) is 21.6 Å². The van der Waals surface area contributed by atoms with Crippen molar-refractivity contribution in [2.75, 3.05) is 24.6 Å². The molecule has 2 heterocycles. The molecule has 0 saturated carbocycles. The first-order valence-electron chi connectivity index (χ1n) is 6.57. The Kier molecular flexibility index (Phi) is 4.34. The quantitative estimate of drug-likeness (QED) is 0.869. The van der Waals surface area contributed by atoms with Crippen LogP contribution in [0.2, 0.25) is 5.02 Å². The summed E-state index contributed by atoms with van der Waals surface area (Å²) < 4.78 is 5.33. The SMILES string of the molecule is N#CC1CN(c2nnc(Cc3ccc(Cl)cc3)s2)CCO1. The number of halogens is 1. The fraction of sp³-hybridized carbons (Fsp3) is 0.357. The number of anilines is 1. The van der Waals surface area contributed by atoms with Crippen molar-refractivity contribution in [2.24, 2.45) is 0 Å². The highest BCUT2D eigenvalue weighted by molar-refractivity contribution is 7.15. The van der Waals surface area contributed by atoms with Gasteiger partial charge in [0.05, 0.1) is 19.2 Å². The van der Waals surface area contributed by atoms with Gasteiger partial charge in [0.15, 0.2) is 6.10 Å². The van der Waals surface area contributed by atoms with Crippen LogP contribution < -0.4 is 4.90 Å². The van der Waals surface area contributed by atoms with E-state index in [0.717, 1.165) is 33.7 Å². The summed E-state index contributed by atoms with van der Waals surface area (Å²) in [5.41, 5.74) is 1.15. The number of morpholine rings is 1. The van der Waals surface area contributed by atoms with Gasteiger partial charge in [0.2, 0.25) is 5.13 Å². The van der Waals surface area contributed by atoms with Crippen molar-refractivity contribution in [3.05, 3.63) is 39.9 Å². The number of ether oxygens (including phenoxy) is 1. The van der Waals surface area contributed by atoms with E-state index in [-0.39, 0.29) is 6.10 Å². The molecule has 1 aliphatic rings. The third-order valence-corrected chi connectivity index (χ3v) is 4.44. The van der Waals surface area contributed by atoms with Crippen LogP contribution in [0.15, 0.2) is 24.3 Å². The summed E-state index contributed by atoms with van der Waals surface area (Å²) in [6, 6.07) is 9.86. The van der Waals surface area contributed by atoms with Gasteiger partial charge >= 0.3 is 0 Å². The smallest absolute Gasteiger partial charge is 0.208 e. The molecule has 1 aromatic carbocycles. The maximum atomic E-state index is 8.93. The summed E-state index contributed by atoms with van der Waals surface area (Å²) in [4.78, 5) is 2.06. The highest BCUT2D eigenvalue weighted by Gasteiger charge is 2.22. The first-order valence-corrected chi connectivity index (χ1v) is 7.77. The molecule has 1 saturated heterocycles. The lowest BCUT2D eigenvalue weighted by Crippen LogP contribution is -2.41. The van der Waals surface area contributed by atoms with Gasteiger partial charge in [-0.15, -0.1) is 10.2 Å². The van der Waals surface area contributed by atoms with E-state index in [0.29, 0.717) is 13.2 Å². The van der Waals surface area contributed by atoms with Crippen LogP contribution in [0.3, 0.4) is 0 Å². The minimum Gasteiger partial charge on any atom is -0.360 e. The Balaban J connectivity index is 1.68. The van der Waals surface area contributed by atoms with Crippen molar-refractivity contribution in [1.29, 1.82) is 5.26 Å². The van der Waals surface area contributed by atoms with Gasteiger partial charge in [-0.3, -0.25) is 0 Å². The number of rotatable bonds is 3. The van der Waals surface area contributed by atoms with Crippen LogP contribution in [0.4, 0.5) is 5.13 Å². The molecule has 0 spiro atoms. The molecule has 1 aromatic heterocycles. The third-order valence-electron chi connectivity index (χ3n) is 3.21. The van der Waals surface area contributed by atoms with E-state index in [2.05, 4.69) is 21.2 Å². The zero-order valence-corrected chi connectivity index (χ0v) is 12.8. The van der Waals surface area contributed by atoms with Gasteiger partial charge in [0.1, 0.15) is 5.01 Å². The van der Waals surface area contributed by atoms with E-state index < -0.39 is 0 Å². The molecule has 7 heteroatoms. The van der Waals surface area contributed by atoms with E-state index in [1.165, 1.54) is 0 Å². The topological polar surface area (TPSA) is 62.0 Å². The molecule has 1 aliphatic heterocycles. The number of hydrogen-bond acceptors (Lipinski definition) is 6. The summed E-state index contributed by atoms with van der Waals surface area (Å²) in [6.07, 6.45) is 0.350. The molecule has 3 rings (SSSR count). The molecule has 1 unspecified atom stereocenters. The predicted octanol–water partition coefficient (Wildman–Crippen LogP) is 2.51. The van der Waals surface area contributed by atoms with Gasteiger partial charge in [0, 0.05) is 18.0 Å². The number of hydrogen-bond donors (Lipinski definition) is 0. The van der Waals surface area contributed by atoms with Gasteiger partial charge in [-0.05, 0) is 17.7 Å². The minimum atomic E-state index is -0.387. The normalized spacial score (nSPS) is 18.5. The zero-order valence-electron chi connectivity index (χ0n) is 11.2. The van der Waals surface area contributed by atoms with Crippen LogP contribution >= 0.6 is 22.9 Å². The molecule has 5 nitrogen and oxygen atoms in total. The number of benzene rings is 1. The van der Waals surface area contributed by atoms with Crippen LogP contribution in [0.5, 0.6) is 0 Å². The average molecular weight is 321 g/mol. The Labute approximate surface area is 131 Å². The molecule has 0 radical (unpaired) electrons. The Morgan fingerprint density at radius 1 is 1.38 bits per heavy atom. The van der Waals surface area contributed by atoms with Crippen LogP contribution in [0.25, 0.3) is 0 Å². The monoisotopic (exact) mass is 320 g/mol. The van der Waals surface area contributed by atoms with E-state index in [1.807, 2.05) is 24.3 Å². The Morgan fingerprint density at radius 3 is 2.95 bits per heavy atom. The molecule has 108 valence electrons. The van der Waals surface area contributed by atoms with Gasteiger partial charge < -0.3 is 9.64 Å². The minimum absolute atomic E-state index is 0.387. The lowest BCUT2D eigenvalue weighted by atomic mass is 10.2. The van der Waals surface area contributed by atoms with Crippen molar-refractivity contribution < 1.29 is 4.74 Å². The lowest BCUT2D eigenvalue weighted by molar-refractivity contribution is 0.0764. The average Bonchev–Trinajstić information content (AvgIpc) is 2.98. The van der Waals surface area contributed by atoms with Gasteiger partial charge in [-0.2, -0.15) is 5.26 Å². The molecule has 0 aliphatic carbocycles. The maximum Gasteiger partial charge on any atom is 0.208 e. The van der Waals surface area contributed by atoms with Crippen molar-refractivity contribution >= 4 is 28.1 Å². The Hall–Kier alpha value is -1.68. The molecule has 21 heavy (non-hydrogen) atoms. The number of aromatic nitrogens is 2. The van der Waals surface area contributed by atoms with Crippen molar-refractivity contribution in [2.45, 2.75) is 12.5 Å². The van der Waals surface area contributed by atoms with E-state index in [1.54, 1.807) is 11.3 Å². The van der Waals surface area contributed by atoms with Gasteiger partial charge in [-0.25, -0.2) is 0 Å². The zero-order chi connectivity index (χ0) is 14.7. The highest BCUT2D eigenvalue weighted by Crippen LogP contribution is 2.24. The maximum absolute atomic E-state index is 8.93. The standard InChI is InChI=1S/C14H13ClN4OS/c15-11-3-1-10(2-4-11)7-13-17-18-14(21-13)19-5-6-20-12(8-16)9-19/h1-4,12H,5-7,9H2. The summed E-state index contributed by atoms with van der Waals surface area (Å²) in [5.74, 6) is 0. The van der Waals surface area contributed by atoms with Crippen LogP contribution in [-0.4, -0.2) is 36.0 Å². The first-order chi connectivity index (χ1) is 10.2. The lowest BCUT2D eigenvalue weighted by Gasteiger charge is -2.28. The van der Waals surface area contributed by atoms with Gasteiger partial charge in [-0.1, -0.05) is 35.1 Å². The van der Waals surface area contributed by atoms with Gasteiger partial charge in [0.25, 0.3) is 0 Å². The fourth-order valence-electron chi connectivity index (χ4n) is 2.12. The Morgan fingerprint density at radius 2 is 2.19 bits per heavy atom. The third kappa shape index (κ3) is 3.50. The van der Waals surface area contributed by atoms with E-state index >= 15 is 0 Å². The summed E-state index contributed by atoms with van der Waals surface area (Å²) in [7, 11) is 0.